The van der Waals surface area contributed by atoms with E-state index in [1.165, 1.54) is 25.5 Å². The normalized spacial score (nSPS) is 12.5. The highest BCUT2D eigenvalue weighted by molar-refractivity contribution is 7.89. The van der Waals surface area contributed by atoms with Gasteiger partial charge in [-0.1, -0.05) is 24.9 Å². The quantitative estimate of drug-likeness (QED) is 0.534. The minimum atomic E-state index is -3.68. The van der Waals surface area contributed by atoms with Crippen molar-refractivity contribution in [3.63, 3.8) is 0 Å². The van der Waals surface area contributed by atoms with Gasteiger partial charge in [0.1, 0.15) is 0 Å². The second-order valence-corrected chi connectivity index (χ2v) is 9.25. The molecule has 31 heavy (non-hydrogen) atoms. The van der Waals surface area contributed by atoms with Crippen LogP contribution in [-0.4, -0.2) is 36.1 Å². The number of hydrogen-bond donors (Lipinski definition) is 2. The molecule has 0 bridgehead atoms. The van der Waals surface area contributed by atoms with Crippen LogP contribution in [-0.2, 0) is 10.0 Å². The highest BCUT2D eigenvalue weighted by Gasteiger charge is 2.21. The Labute approximate surface area is 186 Å². The van der Waals surface area contributed by atoms with E-state index in [-0.39, 0.29) is 17.0 Å². The second-order valence-electron chi connectivity index (χ2n) is 6.98. The lowest BCUT2D eigenvalue weighted by molar-refractivity contribution is 0.0933. The van der Waals surface area contributed by atoms with E-state index in [1.807, 2.05) is 26.0 Å². The van der Waals surface area contributed by atoms with Crippen molar-refractivity contribution >= 4 is 27.5 Å². The Morgan fingerprint density at radius 2 is 1.94 bits per heavy atom. The maximum Gasteiger partial charge on any atom is 0.257 e. The summed E-state index contributed by atoms with van der Waals surface area (Å²) in [5.74, 6) is -0.286. The first-order valence-corrected chi connectivity index (χ1v) is 11.6. The van der Waals surface area contributed by atoms with E-state index in [0.29, 0.717) is 28.3 Å². The van der Waals surface area contributed by atoms with Crippen molar-refractivity contribution in [2.45, 2.75) is 37.8 Å². The molecule has 0 aliphatic carbocycles. The lowest BCUT2D eigenvalue weighted by Gasteiger charge is -2.19. The molecule has 0 fully saturated rings. The van der Waals surface area contributed by atoms with Crippen LogP contribution in [0.25, 0.3) is 5.69 Å². The number of nitrogens with one attached hydrogen (secondary N) is 2. The van der Waals surface area contributed by atoms with E-state index < -0.39 is 10.0 Å². The van der Waals surface area contributed by atoms with Crippen molar-refractivity contribution in [1.82, 2.24) is 24.8 Å². The first kappa shape index (κ1) is 22.9. The lowest BCUT2D eigenvalue weighted by atomic mass is 10.0. The molecule has 0 radical (unpaired) electrons. The Bertz CT molecular complexity index is 1180. The van der Waals surface area contributed by atoms with E-state index in [4.69, 9.17) is 11.6 Å². The molecule has 164 valence electrons. The molecule has 1 aromatic carbocycles. The molecule has 1 atom stereocenters. The van der Waals surface area contributed by atoms with Gasteiger partial charge in [0, 0.05) is 11.2 Å². The van der Waals surface area contributed by atoms with Crippen molar-refractivity contribution in [3.8, 4) is 5.69 Å². The van der Waals surface area contributed by atoms with E-state index in [0.717, 1.165) is 12.1 Å². The number of benzene rings is 1. The molecular weight excluding hydrogens is 438 g/mol. The first-order valence-electron chi connectivity index (χ1n) is 9.77. The van der Waals surface area contributed by atoms with Crippen LogP contribution in [0.3, 0.4) is 0 Å². The van der Waals surface area contributed by atoms with Crippen LogP contribution in [0, 0.1) is 6.92 Å². The number of aromatic nitrogens is 3. The van der Waals surface area contributed by atoms with E-state index in [2.05, 4.69) is 20.1 Å². The summed E-state index contributed by atoms with van der Waals surface area (Å²) < 4.78 is 28.1. The monoisotopic (exact) mass is 461 g/mol. The van der Waals surface area contributed by atoms with Crippen molar-refractivity contribution in [3.05, 3.63) is 70.6 Å². The Kier molecular flexibility index (Phi) is 7.09. The van der Waals surface area contributed by atoms with Gasteiger partial charge in [0.2, 0.25) is 0 Å². The number of sulfonamides is 1. The van der Waals surface area contributed by atoms with Crippen LogP contribution in [0.4, 0.5) is 0 Å². The maximum absolute atomic E-state index is 13.0. The van der Waals surface area contributed by atoms with Gasteiger partial charge in [-0.25, -0.2) is 22.8 Å². The highest BCUT2D eigenvalue weighted by Crippen LogP contribution is 2.22. The average Bonchev–Trinajstić information content (AvgIpc) is 3.15. The highest BCUT2D eigenvalue weighted by atomic mass is 35.5. The minimum absolute atomic E-state index is 0.0883. The summed E-state index contributed by atoms with van der Waals surface area (Å²) in [7, 11) is -2.35. The van der Waals surface area contributed by atoms with E-state index in [1.54, 1.807) is 22.9 Å². The van der Waals surface area contributed by atoms with Crippen LogP contribution in [0.15, 0.2) is 53.8 Å². The Balaban J connectivity index is 1.87. The zero-order chi connectivity index (χ0) is 22.6. The topological polar surface area (TPSA) is 106 Å². The summed E-state index contributed by atoms with van der Waals surface area (Å²) in [6.45, 7) is 3.81. The maximum atomic E-state index is 13.0. The molecule has 0 aliphatic rings. The molecule has 0 spiro atoms. The molecule has 0 aliphatic heterocycles. The SMILES string of the molecule is CCCC(NC(=O)c1cnn(-c2ccc(Cl)cc2)c1C)c1ccnc(S(=O)(=O)NC)c1. The van der Waals surface area contributed by atoms with Gasteiger partial charge < -0.3 is 5.32 Å². The molecule has 1 unspecified atom stereocenters. The van der Waals surface area contributed by atoms with Gasteiger partial charge in [-0.15, -0.1) is 0 Å². The van der Waals surface area contributed by atoms with Crippen molar-refractivity contribution in [2.24, 2.45) is 0 Å². The van der Waals surface area contributed by atoms with Gasteiger partial charge >= 0.3 is 0 Å². The predicted molar refractivity (Wildman–Crippen MR) is 119 cm³/mol. The average molecular weight is 462 g/mol. The number of amides is 1. The van der Waals surface area contributed by atoms with Crippen molar-refractivity contribution < 1.29 is 13.2 Å². The Morgan fingerprint density at radius 3 is 2.58 bits per heavy atom. The van der Waals surface area contributed by atoms with Crippen LogP contribution in [0.5, 0.6) is 0 Å². The number of hydrogen-bond acceptors (Lipinski definition) is 5. The van der Waals surface area contributed by atoms with Gasteiger partial charge in [-0.3, -0.25) is 4.79 Å². The zero-order valence-corrected chi connectivity index (χ0v) is 19.0. The third kappa shape index (κ3) is 5.12. The fraction of sp³-hybridized carbons (Fsp3) is 0.286. The van der Waals surface area contributed by atoms with Gasteiger partial charge in [0.15, 0.2) is 5.03 Å². The summed E-state index contributed by atoms with van der Waals surface area (Å²) in [4.78, 5) is 17.0. The molecule has 2 N–H and O–H groups in total. The predicted octanol–water partition coefficient (Wildman–Crippen LogP) is 3.41. The summed E-state index contributed by atoms with van der Waals surface area (Å²) in [5, 5.41) is 7.87. The molecular formula is C21H24ClN5O3S. The van der Waals surface area contributed by atoms with Gasteiger partial charge in [0.25, 0.3) is 15.9 Å². The molecule has 3 rings (SSSR count). The molecule has 0 saturated carbocycles. The third-order valence-corrected chi connectivity index (χ3v) is 6.48. The van der Waals surface area contributed by atoms with Crippen molar-refractivity contribution in [1.29, 1.82) is 0 Å². The Hall–Kier alpha value is -2.75. The molecule has 2 aromatic heterocycles. The van der Waals surface area contributed by atoms with Gasteiger partial charge in [-0.2, -0.15) is 5.10 Å². The van der Waals surface area contributed by atoms with Gasteiger partial charge in [-0.05, 0) is 62.4 Å². The van der Waals surface area contributed by atoms with Crippen LogP contribution in [0.1, 0.15) is 47.4 Å². The lowest BCUT2D eigenvalue weighted by Crippen LogP contribution is -2.29. The molecule has 3 aromatic rings. The fourth-order valence-corrected chi connectivity index (χ4v) is 4.04. The van der Waals surface area contributed by atoms with Crippen molar-refractivity contribution in [2.75, 3.05) is 7.05 Å². The number of halogens is 1. The molecule has 8 nitrogen and oxygen atoms in total. The van der Waals surface area contributed by atoms with Crippen LogP contribution >= 0.6 is 11.6 Å². The van der Waals surface area contributed by atoms with Crippen LogP contribution < -0.4 is 10.0 Å². The number of pyridine rings is 1. The van der Waals surface area contributed by atoms with Crippen LogP contribution in [0.2, 0.25) is 5.02 Å². The largest absolute Gasteiger partial charge is 0.345 e. The molecule has 10 heteroatoms. The second kappa shape index (κ2) is 9.59. The van der Waals surface area contributed by atoms with E-state index >= 15 is 0 Å². The summed E-state index contributed by atoms with van der Waals surface area (Å²) in [5.41, 5.74) is 2.58. The number of carbonyl (C=O) groups is 1. The molecule has 1 amide bonds. The number of nitrogens with zero attached hydrogens (tertiary/aromatic N) is 3. The Morgan fingerprint density at radius 1 is 1.23 bits per heavy atom. The number of rotatable bonds is 8. The standard InChI is InChI=1S/C21H24ClN5O3S/c1-4-5-19(15-10-11-24-20(12-15)31(29,30)23-3)26-21(28)18-13-25-27(14(18)2)17-8-6-16(22)7-9-17/h6-13,19,23H,4-5H2,1-3H3,(H,26,28). The zero-order valence-electron chi connectivity index (χ0n) is 17.5. The smallest absolute Gasteiger partial charge is 0.257 e. The third-order valence-electron chi connectivity index (χ3n) is 4.91. The molecule has 2 heterocycles. The first-order chi connectivity index (χ1) is 14.8. The molecule has 0 saturated heterocycles. The summed E-state index contributed by atoms with van der Waals surface area (Å²) in [6, 6.07) is 9.99. The summed E-state index contributed by atoms with van der Waals surface area (Å²) in [6.07, 6.45) is 4.38. The summed E-state index contributed by atoms with van der Waals surface area (Å²) >= 11 is 5.95. The van der Waals surface area contributed by atoms with E-state index in [9.17, 15) is 13.2 Å². The number of carbonyl (C=O) groups excluding carboxylic acids is 1. The minimum Gasteiger partial charge on any atom is -0.345 e. The fourth-order valence-electron chi connectivity index (χ4n) is 3.21. The van der Waals surface area contributed by atoms with Gasteiger partial charge in [0.05, 0.1) is 29.2 Å².